The summed E-state index contributed by atoms with van der Waals surface area (Å²) in [4.78, 5) is 13.2. The van der Waals surface area contributed by atoms with Gasteiger partial charge in [0, 0.05) is 13.0 Å². The van der Waals surface area contributed by atoms with Crippen LogP contribution in [-0.4, -0.2) is 43.2 Å². The molecule has 1 saturated heterocycles. The highest BCUT2D eigenvalue weighted by atomic mass is 19.4. The van der Waals surface area contributed by atoms with Gasteiger partial charge in [0.1, 0.15) is 5.82 Å². The summed E-state index contributed by atoms with van der Waals surface area (Å²) in [5.41, 5.74) is 0.508. The smallest absolute Gasteiger partial charge is 0.356 e. The third kappa shape index (κ3) is 6.47. The first-order valence-corrected chi connectivity index (χ1v) is 8.13. The summed E-state index contributed by atoms with van der Waals surface area (Å²) in [6, 6.07) is 6.34. The van der Waals surface area contributed by atoms with Crippen molar-refractivity contribution in [1.82, 2.24) is 10.2 Å². The number of rotatable bonds is 6. The first-order chi connectivity index (χ1) is 11.3. The van der Waals surface area contributed by atoms with E-state index in [2.05, 4.69) is 5.32 Å². The van der Waals surface area contributed by atoms with Gasteiger partial charge in [-0.1, -0.05) is 18.2 Å². The van der Waals surface area contributed by atoms with E-state index in [1.807, 2.05) is 0 Å². The third-order valence-corrected chi connectivity index (χ3v) is 4.28. The molecule has 0 unspecified atom stereocenters. The summed E-state index contributed by atoms with van der Waals surface area (Å²) in [7, 11) is 0. The number of nitrogens with one attached hydrogen (secondary N) is 1. The molecule has 134 valence electrons. The Morgan fingerprint density at radius 3 is 2.50 bits per heavy atom. The van der Waals surface area contributed by atoms with Crippen LogP contribution in [0.25, 0.3) is 0 Å². The Balaban J connectivity index is 1.64. The molecule has 1 heterocycles. The van der Waals surface area contributed by atoms with E-state index in [9.17, 15) is 22.4 Å². The van der Waals surface area contributed by atoms with E-state index < -0.39 is 12.7 Å². The molecular formula is C17H22F4N2O. The summed E-state index contributed by atoms with van der Waals surface area (Å²) in [5.74, 6) is -0.273. The second-order valence-electron chi connectivity index (χ2n) is 6.23. The number of hydrogen-bond donors (Lipinski definition) is 1. The molecule has 7 heteroatoms. The van der Waals surface area contributed by atoms with Crippen LogP contribution in [0.3, 0.4) is 0 Å². The maximum atomic E-state index is 13.5. The first kappa shape index (κ1) is 18.7. The minimum absolute atomic E-state index is 0.157. The van der Waals surface area contributed by atoms with Crippen molar-refractivity contribution in [2.45, 2.75) is 31.9 Å². The highest BCUT2D eigenvalue weighted by Gasteiger charge is 2.32. The van der Waals surface area contributed by atoms with Crippen molar-refractivity contribution >= 4 is 5.91 Å². The number of hydrogen-bond acceptors (Lipinski definition) is 2. The van der Waals surface area contributed by atoms with E-state index in [1.54, 1.807) is 18.2 Å². The fraction of sp³-hybridized carbons (Fsp3) is 0.588. The molecule has 1 aromatic carbocycles. The molecule has 0 aliphatic carbocycles. The van der Waals surface area contributed by atoms with Gasteiger partial charge in [-0.15, -0.1) is 0 Å². The van der Waals surface area contributed by atoms with Crippen molar-refractivity contribution < 1.29 is 22.4 Å². The molecular weight excluding hydrogens is 324 g/mol. The van der Waals surface area contributed by atoms with Gasteiger partial charge in [0.15, 0.2) is 0 Å². The van der Waals surface area contributed by atoms with Crippen LogP contribution in [-0.2, 0) is 11.2 Å². The largest absolute Gasteiger partial charge is 0.401 e. The highest BCUT2D eigenvalue weighted by molar-refractivity contribution is 5.76. The maximum Gasteiger partial charge on any atom is 0.401 e. The molecule has 0 spiro atoms. The van der Waals surface area contributed by atoms with Gasteiger partial charge >= 0.3 is 6.18 Å². The van der Waals surface area contributed by atoms with Crippen LogP contribution in [0.2, 0.25) is 0 Å². The number of alkyl halides is 3. The van der Waals surface area contributed by atoms with Crippen molar-refractivity contribution in [3.63, 3.8) is 0 Å². The number of halogens is 4. The van der Waals surface area contributed by atoms with Gasteiger partial charge in [-0.3, -0.25) is 9.69 Å². The Labute approximate surface area is 139 Å². The molecule has 1 aliphatic rings. The Kier molecular flexibility index (Phi) is 6.60. The molecule has 1 aliphatic heterocycles. The van der Waals surface area contributed by atoms with E-state index >= 15 is 0 Å². The number of amides is 1. The van der Waals surface area contributed by atoms with Crippen LogP contribution >= 0.6 is 0 Å². The Morgan fingerprint density at radius 1 is 1.21 bits per heavy atom. The summed E-state index contributed by atoms with van der Waals surface area (Å²) >= 11 is 0. The Hall–Kier alpha value is -1.63. The van der Waals surface area contributed by atoms with Gasteiger partial charge < -0.3 is 5.32 Å². The second-order valence-corrected chi connectivity index (χ2v) is 6.23. The number of likely N-dealkylation sites (tertiary alicyclic amines) is 1. The number of carbonyl (C=O) groups excluding carboxylic acids is 1. The highest BCUT2D eigenvalue weighted by Crippen LogP contribution is 2.22. The van der Waals surface area contributed by atoms with E-state index in [1.165, 1.54) is 11.0 Å². The van der Waals surface area contributed by atoms with Crippen molar-refractivity contribution in [2.24, 2.45) is 5.92 Å². The molecule has 2 rings (SSSR count). The Bertz CT molecular complexity index is 540. The van der Waals surface area contributed by atoms with Gasteiger partial charge in [0.05, 0.1) is 6.54 Å². The minimum atomic E-state index is -4.16. The van der Waals surface area contributed by atoms with Crippen LogP contribution in [0.15, 0.2) is 24.3 Å². The predicted molar refractivity (Wildman–Crippen MR) is 82.9 cm³/mol. The molecule has 1 fully saturated rings. The lowest BCUT2D eigenvalue weighted by Crippen LogP contribution is -2.42. The van der Waals surface area contributed by atoms with Crippen molar-refractivity contribution in [1.29, 1.82) is 0 Å². The first-order valence-electron chi connectivity index (χ1n) is 8.13. The summed E-state index contributed by atoms with van der Waals surface area (Å²) in [6.07, 6.45) is -2.34. The topological polar surface area (TPSA) is 32.3 Å². The minimum Gasteiger partial charge on any atom is -0.356 e. The number of nitrogens with zero attached hydrogens (tertiary/aromatic N) is 1. The molecule has 1 amide bonds. The van der Waals surface area contributed by atoms with Crippen LogP contribution in [0.5, 0.6) is 0 Å². The van der Waals surface area contributed by atoms with Crippen molar-refractivity contribution in [2.75, 3.05) is 26.2 Å². The zero-order chi connectivity index (χ0) is 17.6. The number of carbonyl (C=O) groups is 1. The monoisotopic (exact) mass is 346 g/mol. The maximum absolute atomic E-state index is 13.5. The molecule has 0 atom stereocenters. The number of benzene rings is 1. The second kappa shape index (κ2) is 8.46. The third-order valence-electron chi connectivity index (χ3n) is 4.28. The summed E-state index contributed by atoms with van der Waals surface area (Å²) < 4.78 is 50.4. The van der Waals surface area contributed by atoms with E-state index in [4.69, 9.17) is 0 Å². The number of piperidine rings is 1. The number of aryl methyl sites for hydroxylation is 1. The molecule has 0 radical (unpaired) electrons. The normalized spacial score (nSPS) is 17.0. The van der Waals surface area contributed by atoms with Crippen LogP contribution in [0.4, 0.5) is 17.6 Å². The van der Waals surface area contributed by atoms with Gasteiger partial charge in [-0.05, 0) is 49.9 Å². The molecule has 0 bridgehead atoms. The van der Waals surface area contributed by atoms with Gasteiger partial charge in [-0.25, -0.2) is 4.39 Å². The fourth-order valence-electron chi connectivity index (χ4n) is 2.90. The van der Waals surface area contributed by atoms with Crippen LogP contribution < -0.4 is 5.32 Å². The zero-order valence-corrected chi connectivity index (χ0v) is 13.4. The van der Waals surface area contributed by atoms with Crippen molar-refractivity contribution in [3.8, 4) is 0 Å². The average Bonchev–Trinajstić information content (AvgIpc) is 2.52. The van der Waals surface area contributed by atoms with E-state index in [-0.39, 0.29) is 24.1 Å². The van der Waals surface area contributed by atoms with Gasteiger partial charge in [0.2, 0.25) is 5.91 Å². The average molecular weight is 346 g/mol. The molecule has 0 saturated carbocycles. The predicted octanol–water partition coefficient (Wildman–Crippen LogP) is 3.15. The fourth-order valence-corrected chi connectivity index (χ4v) is 2.90. The molecule has 1 N–H and O–H groups in total. The van der Waals surface area contributed by atoms with E-state index in [0.717, 1.165) is 0 Å². The van der Waals surface area contributed by atoms with E-state index in [0.29, 0.717) is 44.5 Å². The standard InChI is InChI=1S/C17H22F4N2O/c18-15-4-2-1-3-14(15)5-6-16(24)22-11-13-7-9-23(10-8-13)12-17(19,20)21/h1-4,13H,5-12H2,(H,22,24). The molecule has 3 nitrogen and oxygen atoms in total. The van der Waals surface area contributed by atoms with Gasteiger partial charge in [-0.2, -0.15) is 13.2 Å². The quantitative estimate of drug-likeness (QED) is 0.803. The van der Waals surface area contributed by atoms with Crippen LogP contribution in [0, 0.1) is 11.7 Å². The van der Waals surface area contributed by atoms with Crippen LogP contribution in [0.1, 0.15) is 24.8 Å². The zero-order valence-electron chi connectivity index (χ0n) is 13.4. The lowest BCUT2D eigenvalue weighted by atomic mass is 9.96. The summed E-state index contributed by atoms with van der Waals surface area (Å²) in [6.45, 7) is 0.398. The summed E-state index contributed by atoms with van der Waals surface area (Å²) in [5, 5.41) is 2.80. The SMILES string of the molecule is O=C(CCc1ccccc1F)NCC1CCN(CC(F)(F)F)CC1. The lowest BCUT2D eigenvalue weighted by Gasteiger charge is -2.32. The molecule has 1 aromatic rings. The Morgan fingerprint density at radius 2 is 1.88 bits per heavy atom. The molecule has 24 heavy (non-hydrogen) atoms. The van der Waals surface area contributed by atoms with Crippen molar-refractivity contribution in [3.05, 3.63) is 35.6 Å². The molecule has 0 aromatic heterocycles. The lowest BCUT2D eigenvalue weighted by molar-refractivity contribution is -0.148. The van der Waals surface area contributed by atoms with Gasteiger partial charge in [0.25, 0.3) is 0 Å².